The van der Waals surface area contributed by atoms with Gasteiger partial charge in [-0.3, -0.25) is 0 Å². The van der Waals surface area contributed by atoms with E-state index in [1.165, 1.54) is 29.3 Å². The minimum Gasteiger partial charge on any atom is -0.443 e. The maximum absolute atomic E-state index is 13.2. The first-order chi connectivity index (χ1) is 20.1. The summed E-state index contributed by atoms with van der Waals surface area (Å²) in [6.07, 6.45) is 0.0965. The average Bonchev–Trinajstić information content (AvgIpc) is 3.25. The van der Waals surface area contributed by atoms with Crippen molar-refractivity contribution in [3.63, 3.8) is 0 Å². The number of aliphatic hydroxyl groups excluding tert-OH is 1. The molecule has 3 fully saturated rings. The summed E-state index contributed by atoms with van der Waals surface area (Å²) in [4.78, 5) is 15.9. The summed E-state index contributed by atoms with van der Waals surface area (Å²) in [5.74, 6) is 0.717. The number of hydrogen-bond acceptors (Lipinski definition) is 9. The predicted octanol–water partition coefficient (Wildman–Crippen LogP) is 2.66. The van der Waals surface area contributed by atoms with Gasteiger partial charge in [-0.1, -0.05) is 44.2 Å². The summed E-state index contributed by atoms with van der Waals surface area (Å²) < 4.78 is 44.0. The SMILES string of the molecule is CC(C)CCN(C[C@@H](O)[C@H](Cc1ccccc1)NC(=O)OC1C2COC3OC1CC3C2)NS(=O)(=O)c1ccc(N)cc1. The number of alkyl carbamates (subject to hydrolysis) is 1. The largest absolute Gasteiger partial charge is 0.443 e. The Morgan fingerprint density at radius 3 is 2.57 bits per heavy atom. The number of carbonyl (C=O) groups is 1. The Bertz CT molecular complexity index is 1290. The lowest BCUT2D eigenvalue weighted by molar-refractivity contribution is -0.153. The molecule has 1 aliphatic carbocycles. The number of nitrogens with two attached hydrogens (primary N) is 1. The zero-order chi connectivity index (χ0) is 29.9. The lowest BCUT2D eigenvalue weighted by atomic mass is 9.78. The smallest absolute Gasteiger partial charge is 0.407 e. The van der Waals surface area contributed by atoms with Gasteiger partial charge < -0.3 is 30.4 Å². The van der Waals surface area contributed by atoms with E-state index in [0.717, 1.165) is 18.4 Å². The molecule has 0 radical (unpaired) electrons. The zero-order valence-corrected chi connectivity index (χ0v) is 24.9. The first-order valence-electron chi connectivity index (χ1n) is 14.7. The fraction of sp³-hybridized carbons (Fsp3) is 0.567. The molecule has 0 spiro atoms. The third kappa shape index (κ3) is 7.61. The minimum absolute atomic E-state index is 0.0604. The van der Waals surface area contributed by atoms with E-state index in [9.17, 15) is 18.3 Å². The van der Waals surface area contributed by atoms with Crippen molar-refractivity contribution in [3.8, 4) is 0 Å². The Kier molecular flexibility index (Phi) is 9.70. The number of amides is 1. The molecule has 1 saturated carbocycles. The summed E-state index contributed by atoms with van der Waals surface area (Å²) in [6.45, 7) is 4.87. The van der Waals surface area contributed by atoms with Gasteiger partial charge in [-0.25, -0.2) is 18.2 Å². The maximum Gasteiger partial charge on any atom is 0.407 e. The molecule has 11 nitrogen and oxygen atoms in total. The quantitative estimate of drug-likeness (QED) is 0.200. The second kappa shape index (κ2) is 13.3. The minimum atomic E-state index is -3.94. The number of aliphatic hydroxyl groups is 1. The van der Waals surface area contributed by atoms with Gasteiger partial charge in [0, 0.05) is 30.6 Å². The van der Waals surface area contributed by atoms with Gasteiger partial charge in [0.25, 0.3) is 10.0 Å². The molecule has 3 bridgehead atoms. The summed E-state index contributed by atoms with van der Waals surface area (Å²) >= 11 is 0. The van der Waals surface area contributed by atoms with E-state index in [-0.39, 0.29) is 29.8 Å². The monoisotopic (exact) mass is 602 g/mol. The van der Waals surface area contributed by atoms with E-state index in [4.69, 9.17) is 19.9 Å². The lowest BCUT2D eigenvalue weighted by Crippen LogP contribution is -2.54. The highest BCUT2D eigenvalue weighted by atomic mass is 32.2. The highest BCUT2D eigenvalue weighted by Gasteiger charge is 2.53. The summed E-state index contributed by atoms with van der Waals surface area (Å²) in [5, 5.41) is 15.8. The highest BCUT2D eigenvalue weighted by molar-refractivity contribution is 7.89. The number of ether oxygens (including phenoxy) is 3. The Morgan fingerprint density at radius 1 is 1.12 bits per heavy atom. The highest BCUT2D eigenvalue weighted by Crippen LogP contribution is 2.46. The van der Waals surface area contributed by atoms with E-state index < -0.39 is 34.4 Å². The van der Waals surface area contributed by atoms with Crippen molar-refractivity contribution in [1.29, 1.82) is 0 Å². The molecule has 3 aliphatic rings. The number of rotatable bonds is 13. The van der Waals surface area contributed by atoms with E-state index in [1.54, 1.807) is 0 Å². The molecule has 5 unspecified atom stereocenters. The van der Waals surface area contributed by atoms with Crippen LogP contribution in [0.3, 0.4) is 0 Å². The molecule has 12 heteroatoms. The lowest BCUT2D eigenvalue weighted by Gasteiger charge is -2.37. The zero-order valence-electron chi connectivity index (χ0n) is 24.1. The normalized spacial score (nSPS) is 26.4. The number of carbonyl (C=O) groups excluding carboxylic acids is 1. The van der Waals surface area contributed by atoms with Crippen LogP contribution >= 0.6 is 0 Å². The average molecular weight is 603 g/mol. The molecule has 2 aromatic rings. The fourth-order valence-electron chi connectivity index (χ4n) is 5.99. The molecular weight excluding hydrogens is 560 g/mol. The molecule has 7 atom stereocenters. The predicted molar refractivity (Wildman–Crippen MR) is 156 cm³/mol. The Labute approximate surface area is 247 Å². The van der Waals surface area contributed by atoms with Crippen LogP contribution in [0.25, 0.3) is 0 Å². The Morgan fingerprint density at radius 2 is 1.86 bits per heavy atom. The van der Waals surface area contributed by atoms with E-state index >= 15 is 0 Å². The number of nitrogens with one attached hydrogen (secondary N) is 2. The number of anilines is 1. The summed E-state index contributed by atoms with van der Waals surface area (Å²) in [5.41, 5.74) is 7.09. The van der Waals surface area contributed by atoms with Gasteiger partial charge in [-0.15, -0.1) is 4.83 Å². The van der Waals surface area contributed by atoms with Crippen molar-refractivity contribution in [2.45, 2.75) is 75.1 Å². The summed E-state index contributed by atoms with van der Waals surface area (Å²) in [6, 6.07) is 14.7. The van der Waals surface area contributed by atoms with Crippen LogP contribution in [-0.2, 0) is 30.7 Å². The number of nitrogens with zero attached hydrogens (tertiary/aromatic N) is 1. The van der Waals surface area contributed by atoms with Crippen LogP contribution < -0.4 is 15.9 Å². The molecular formula is C30H42N4O7S. The van der Waals surface area contributed by atoms with Gasteiger partial charge in [0.1, 0.15) is 6.10 Å². The maximum atomic E-state index is 13.2. The van der Waals surface area contributed by atoms with Gasteiger partial charge in [0.15, 0.2) is 6.29 Å². The Hall–Kier alpha value is -2.74. The van der Waals surface area contributed by atoms with Crippen LogP contribution in [-0.4, -0.2) is 75.0 Å². The number of hydrogen-bond donors (Lipinski definition) is 4. The van der Waals surface area contributed by atoms with Crippen LogP contribution in [0.15, 0.2) is 59.5 Å². The Balaban J connectivity index is 1.29. The second-order valence-corrected chi connectivity index (χ2v) is 13.7. The first-order valence-corrected chi connectivity index (χ1v) is 16.1. The first kappa shape index (κ1) is 30.7. The van der Waals surface area contributed by atoms with Gasteiger partial charge in [-0.2, -0.15) is 0 Å². The summed E-state index contributed by atoms with van der Waals surface area (Å²) in [7, 11) is -3.94. The number of hydrazine groups is 1. The third-order valence-corrected chi connectivity index (χ3v) is 9.66. The number of sulfonamides is 1. The van der Waals surface area contributed by atoms with Crippen LogP contribution in [0.1, 0.15) is 38.7 Å². The van der Waals surface area contributed by atoms with Crippen LogP contribution in [0.5, 0.6) is 0 Å². The number of nitrogen functional groups attached to an aromatic ring is 1. The molecule has 2 aromatic carbocycles. The second-order valence-electron chi connectivity index (χ2n) is 12.0. The van der Waals surface area contributed by atoms with Crippen molar-refractivity contribution in [1.82, 2.24) is 15.2 Å². The van der Waals surface area contributed by atoms with Crippen molar-refractivity contribution >= 4 is 21.8 Å². The van der Waals surface area contributed by atoms with Crippen LogP contribution in [0, 0.1) is 17.8 Å². The van der Waals surface area contributed by atoms with Crippen molar-refractivity contribution in [2.75, 3.05) is 25.4 Å². The van der Waals surface area contributed by atoms with Crippen molar-refractivity contribution < 1.29 is 32.5 Å². The molecule has 5 N–H and O–H groups in total. The van der Waals surface area contributed by atoms with Gasteiger partial charge >= 0.3 is 6.09 Å². The van der Waals surface area contributed by atoms with E-state index in [1.807, 2.05) is 44.2 Å². The molecule has 0 aromatic heterocycles. The molecule has 2 saturated heterocycles. The number of benzene rings is 2. The standard InChI is InChI=1S/C30H42N4O7S/c1-19(2)12-13-34(33-42(37,38)24-10-8-23(31)9-11-24)17-26(35)25(14-20-6-4-3-5-7-20)32-30(36)41-28-22-15-21-16-27(28)40-29(21)39-18-22/h3-11,19,21-22,25-29,33,35H,12-18,31H2,1-2H3,(H,32,36)/t21?,22?,25-,26+,27?,28?,29?/m0/s1. The molecule has 2 heterocycles. The third-order valence-electron chi connectivity index (χ3n) is 8.27. The molecule has 1 amide bonds. The van der Waals surface area contributed by atoms with Gasteiger partial charge in [-0.05, 0) is 61.4 Å². The molecule has 42 heavy (non-hydrogen) atoms. The van der Waals surface area contributed by atoms with E-state index in [0.29, 0.717) is 43.5 Å². The fourth-order valence-corrected chi connectivity index (χ4v) is 7.10. The molecule has 5 rings (SSSR count). The van der Waals surface area contributed by atoms with Crippen LogP contribution in [0.2, 0.25) is 0 Å². The molecule has 230 valence electrons. The van der Waals surface area contributed by atoms with Gasteiger partial charge in [0.05, 0.1) is 29.8 Å². The van der Waals surface area contributed by atoms with Crippen molar-refractivity contribution in [2.24, 2.45) is 17.8 Å². The van der Waals surface area contributed by atoms with Crippen LogP contribution in [0.4, 0.5) is 10.5 Å². The molecule has 2 aliphatic heterocycles. The van der Waals surface area contributed by atoms with Crippen molar-refractivity contribution in [3.05, 3.63) is 60.2 Å². The number of fused-ring (bicyclic) bond motifs is 2. The van der Waals surface area contributed by atoms with E-state index in [2.05, 4.69) is 10.1 Å². The van der Waals surface area contributed by atoms with Gasteiger partial charge in [0.2, 0.25) is 0 Å². The topological polar surface area (TPSA) is 152 Å².